The summed E-state index contributed by atoms with van der Waals surface area (Å²) in [6, 6.07) is 5.30. The fraction of sp³-hybridized carbons (Fsp3) is 0.308. The van der Waals surface area contributed by atoms with E-state index in [1.54, 1.807) is 19.9 Å². The zero-order chi connectivity index (χ0) is 14.2. The molecule has 1 atom stereocenters. The third kappa shape index (κ3) is 2.76. The Labute approximate surface area is 114 Å². The number of amidine groups is 1. The van der Waals surface area contributed by atoms with Crippen LogP contribution in [0.3, 0.4) is 0 Å². The molecular formula is C13H12ClF3N2. The highest BCUT2D eigenvalue weighted by Crippen LogP contribution is 2.33. The second-order valence-corrected chi connectivity index (χ2v) is 4.70. The highest BCUT2D eigenvalue weighted by molar-refractivity contribution is 6.23. The van der Waals surface area contributed by atoms with Crippen molar-refractivity contribution in [3.63, 3.8) is 0 Å². The second kappa shape index (κ2) is 4.89. The number of alkyl halides is 4. The molecule has 19 heavy (non-hydrogen) atoms. The summed E-state index contributed by atoms with van der Waals surface area (Å²) in [5.74, 6) is 0.149. The van der Waals surface area contributed by atoms with Crippen LogP contribution in [-0.4, -0.2) is 11.3 Å². The number of rotatable bonds is 1. The van der Waals surface area contributed by atoms with Gasteiger partial charge in [0.1, 0.15) is 11.3 Å². The Kier molecular flexibility index (Phi) is 3.58. The molecule has 1 aliphatic rings. The quantitative estimate of drug-likeness (QED) is 0.615. The maximum atomic E-state index is 12.9. The predicted molar refractivity (Wildman–Crippen MR) is 69.1 cm³/mol. The van der Waals surface area contributed by atoms with Gasteiger partial charge in [-0.3, -0.25) is 0 Å². The van der Waals surface area contributed by atoms with Gasteiger partial charge >= 0.3 is 6.18 Å². The Balaban J connectivity index is 2.48. The first-order valence-electron chi connectivity index (χ1n) is 5.63. The summed E-state index contributed by atoms with van der Waals surface area (Å²) in [5.41, 5.74) is 0.166. The lowest BCUT2D eigenvalue weighted by atomic mass is 10.0. The minimum Gasteiger partial charge on any atom is -0.344 e. The monoisotopic (exact) mass is 288 g/mol. The van der Waals surface area contributed by atoms with Crippen LogP contribution in [0.5, 0.6) is 0 Å². The molecule has 0 amide bonds. The molecule has 0 saturated carbocycles. The van der Waals surface area contributed by atoms with Gasteiger partial charge in [-0.1, -0.05) is 29.8 Å². The molecule has 1 heterocycles. The van der Waals surface area contributed by atoms with Crippen LogP contribution in [-0.2, 0) is 6.18 Å². The Morgan fingerprint density at radius 3 is 2.42 bits per heavy atom. The second-order valence-electron chi connectivity index (χ2n) is 4.29. The Hall–Kier alpha value is -1.49. The van der Waals surface area contributed by atoms with Crippen molar-refractivity contribution in [2.24, 2.45) is 4.99 Å². The van der Waals surface area contributed by atoms with Crippen LogP contribution < -0.4 is 5.32 Å². The van der Waals surface area contributed by atoms with Crippen molar-refractivity contribution in [2.75, 3.05) is 0 Å². The fourth-order valence-corrected chi connectivity index (χ4v) is 2.03. The summed E-state index contributed by atoms with van der Waals surface area (Å²) in [6.07, 6.45) is -4.42. The molecule has 0 saturated heterocycles. The van der Waals surface area contributed by atoms with E-state index in [1.165, 1.54) is 12.1 Å². The highest BCUT2D eigenvalue weighted by Gasteiger charge is 2.35. The Morgan fingerprint density at radius 1 is 1.21 bits per heavy atom. The first kappa shape index (κ1) is 13.9. The normalized spacial score (nSPS) is 20.1. The van der Waals surface area contributed by atoms with Gasteiger partial charge in [-0.05, 0) is 25.5 Å². The van der Waals surface area contributed by atoms with Crippen LogP contribution >= 0.6 is 11.6 Å². The molecule has 0 bridgehead atoms. The number of nitrogens with one attached hydrogen (secondary N) is 1. The maximum absolute atomic E-state index is 12.9. The summed E-state index contributed by atoms with van der Waals surface area (Å²) in [5, 5.41) is 2.87. The summed E-state index contributed by atoms with van der Waals surface area (Å²) in [6.45, 7) is 3.55. The molecule has 1 unspecified atom stereocenters. The summed E-state index contributed by atoms with van der Waals surface area (Å²) >= 11 is 6.01. The van der Waals surface area contributed by atoms with E-state index < -0.39 is 17.2 Å². The SMILES string of the molecule is CC1=C(C)C(Cl)N=C(c2ccccc2C(F)(F)F)N1. The molecule has 0 fully saturated rings. The van der Waals surface area contributed by atoms with E-state index in [0.29, 0.717) is 0 Å². The standard InChI is InChI=1S/C13H12ClF3N2/c1-7-8(2)18-12(19-11(7)14)9-5-3-4-6-10(9)13(15,16)17/h3-6,11H,1-2H3,(H,18,19). The number of nitrogens with zero attached hydrogens (tertiary/aromatic N) is 1. The van der Waals surface area contributed by atoms with E-state index in [4.69, 9.17) is 11.6 Å². The van der Waals surface area contributed by atoms with Gasteiger partial charge in [-0.25, -0.2) is 4.99 Å². The molecule has 0 aliphatic carbocycles. The van der Waals surface area contributed by atoms with Crippen LogP contribution in [0.1, 0.15) is 25.0 Å². The highest BCUT2D eigenvalue weighted by atomic mass is 35.5. The van der Waals surface area contributed by atoms with Crippen LogP contribution in [0.4, 0.5) is 13.2 Å². The van der Waals surface area contributed by atoms with Crippen molar-refractivity contribution < 1.29 is 13.2 Å². The molecule has 1 N–H and O–H groups in total. The summed E-state index contributed by atoms with van der Waals surface area (Å²) in [7, 11) is 0. The average molecular weight is 289 g/mol. The van der Waals surface area contributed by atoms with Gasteiger partial charge in [0.05, 0.1) is 5.56 Å². The Morgan fingerprint density at radius 2 is 1.84 bits per heavy atom. The van der Waals surface area contributed by atoms with Crippen LogP contribution in [0.2, 0.25) is 0 Å². The van der Waals surface area contributed by atoms with Crippen molar-refractivity contribution in [1.82, 2.24) is 5.32 Å². The smallest absolute Gasteiger partial charge is 0.344 e. The van der Waals surface area contributed by atoms with Gasteiger partial charge < -0.3 is 5.32 Å². The molecular weight excluding hydrogens is 277 g/mol. The van der Waals surface area contributed by atoms with E-state index in [9.17, 15) is 13.2 Å². The van der Waals surface area contributed by atoms with E-state index >= 15 is 0 Å². The van der Waals surface area contributed by atoms with E-state index in [1.807, 2.05) is 0 Å². The first-order chi connectivity index (χ1) is 8.80. The van der Waals surface area contributed by atoms with Crippen LogP contribution in [0, 0.1) is 0 Å². The van der Waals surface area contributed by atoms with Crippen molar-refractivity contribution in [3.05, 3.63) is 46.7 Å². The van der Waals surface area contributed by atoms with Gasteiger partial charge in [-0.2, -0.15) is 13.2 Å². The largest absolute Gasteiger partial charge is 0.417 e. The average Bonchev–Trinajstić information content (AvgIpc) is 2.34. The van der Waals surface area contributed by atoms with Crippen LogP contribution in [0.25, 0.3) is 0 Å². The number of allylic oxidation sites excluding steroid dienone is 1. The first-order valence-corrected chi connectivity index (χ1v) is 6.07. The number of hydrogen-bond acceptors (Lipinski definition) is 2. The van der Waals surface area contributed by atoms with E-state index in [2.05, 4.69) is 10.3 Å². The molecule has 0 radical (unpaired) electrons. The summed E-state index contributed by atoms with van der Waals surface area (Å²) < 4.78 is 38.8. The molecule has 1 aromatic rings. The molecule has 2 nitrogen and oxygen atoms in total. The molecule has 1 aromatic carbocycles. The topological polar surface area (TPSA) is 24.4 Å². The number of benzene rings is 1. The van der Waals surface area contributed by atoms with E-state index in [0.717, 1.165) is 17.3 Å². The molecule has 6 heteroatoms. The Bertz CT molecular complexity index is 561. The third-order valence-electron chi connectivity index (χ3n) is 2.98. The lowest BCUT2D eigenvalue weighted by Gasteiger charge is -2.23. The molecule has 102 valence electrons. The van der Waals surface area contributed by atoms with Gasteiger partial charge in [0, 0.05) is 11.3 Å². The molecule has 0 spiro atoms. The molecule has 2 rings (SSSR count). The van der Waals surface area contributed by atoms with Crippen molar-refractivity contribution in [2.45, 2.75) is 25.5 Å². The molecule has 1 aliphatic heterocycles. The zero-order valence-corrected chi connectivity index (χ0v) is 11.1. The third-order valence-corrected chi connectivity index (χ3v) is 3.41. The van der Waals surface area contributed by atoms with Crippen molar-refractivity contribution in [1.29, 1.82) is 0 Å². The minimum atomic E-state index is -4.42. The lowest BCUT2D eigenvalue weighted by molar-refractivity contribution is -0.137. The zero-order valence-electron chi connectivity index (χ0n) is 10.3. The summed E-state index contributed by atoms with van der Waals surface area (Å²) in [4.78, 5) is 4.07. The van der Waals surface area contributed by atoms with E-state index in [-0.39, 0.29) is 11.4 Å². The maximum Gasteiger partial charge on any atom is 0.417 e. The number of hydrogen-bond donors (Lipinski definition) is 1. The van der Waals surface area contributed by atoms with Gasteiger partial charge in [-0.15, -0.1) is 0 Å². The van der Waals surface area contributed by atoms with Gasteiger partial charge in [0.25, 0.3) is 0 Å². The fourth-order valence-electron chi connectivity index (χ4n) is 1.77. The predicted octanol–water partition coefficient (Wildman–Crippen LogP) is 3.91. The van der Waals surface area contributed by atoms with Gasteiger partial charge in [0.2, 0.25) is 0 Å². The number of aliphatic imine (C=N–C) groups is 1. The number of halogens is 4. The van der Waals surface area contributed by atoms with Crippen molar-refractivity contribution >= 4 is 17.4 Å². The lowest BCUT2D eigenvalue weighted by Crippen LogP contribution is -2.32. The van der Waals surface area contributed by atoms with Crippen LogP contribution in [0.15, 0.2) is 40.5 Å². The van der Waals surface area contributed by atoms with Crippen molar-refractivity contribution in [3.8, 4) is 0 Å². The minimum absolute atomic E-state index is 0.00694. The molecule has 0 aromatic heterocycles. The van der Waals surface area contributed by atoms with Gasteiger partial charge in [0.15, 0.2) is 0 Å².